The minimum Gasteiger partial charge on any atom is -0.488 e. The van der Waals surface area contributed by atoms with E-state index in [2.05, 4.69) is 28.9 Å². The number of para-hydroxylation sites is 1. The highest BCUT2D eigenvalue weighted by atomic mass is 16.5. The van der Waals surface area contributed by atoms with Crippen molar-refractivity contribution in [1.82, 2.24) is 14.9 Å². The number of ether oxygens (including phenoxy) is 3. The zero-order valence-corrected chi connectivity index (χ0v) is 26.1. The zero-order chi connectivity index (χ0) is 30.7. The van der Waals surface area contributed by atoms with Gasteiger partial charge in [0, 0.05) is 75.4 Å². The van der Waals surface area contributed by atoms with Gasteiger partial charge in [-0.2, -0.15) is 0 Å². The van der Waals surface area contributed by atoms with Crippen LogP contribution in [-0.4, -0.2) is 84.6 Å². The number of fused-ring (bicyclic) bond motifs is 1. The molecule has 0 bridgehead atoms. The lowest BCUT2D eigenvalue weighted by Crippen LogP contribution is -2.46. The van der Waals surface area contributed by atoms with E-state index in [0.717, 1.165) is 85.9 Å². The third-order valence-electron chi connectivity index (χ3n) is 9.82. The Morgan fingerprint density at radius 2 is 1.91 bits per heavy atom. The summed E-state index contributed by atoms with van der Waals surface area (Å²) >= 11 is 0. The maximum atomic E-state index is 12.2. The summed E-state index contributed by atoms with van der Waals surface area (Å²) in [6.45, 7) is 9.03. The molecule has 3 aliphatic rings. The van der Waals surface area contributed by atoms with Crippen molar-refractivity contribution in [3.8, 4) is 17.0 Å². The molecule has 5 heterocycles. The molecule has 0 saturated carbocycles. The molecule has 9 heteroatoms. The molecule has 9 nitrogen and oxygen atoms in total. The number of benzene rings is 1. The van der Waals surface area contributed by atoms with Crippen molar-refractivity contribution in [3.05, 3.63) is 71.0 Å². The standard InChI is InChI=1S/C35H44N4O5/c1-24-6-4-7-28(30-8-5-9-32(37-30)39-17-14-35(2,34(40)41)31(39)23-42-3)33(24)44-22-25-20-26-10-15-38(16-11-29(26)36-21-25)27-12-18-43-19-13-27/h4-9,20-21,27,31H,10-19,22-23H2,1-3H3,(H,40,41)/t31-,35-/m1/s1. The average molecular weight is 601 g/mol. The zero-order valence-electron chi connectivity index (χ0n) is 26.1. The number of hydrogen-bond donors (Lipinski definition) is 1. The molecule has 0 aliphatic carbocycles. The Hall–Kier alpha value is -3.53. The highest BCUT2D eigenvalue weighted by Gasteiger charge is 2.50. The Bertz CT molecular complexity index is 1480. The van der Waals surface area contributed by atoms with Crippen LogP contribution in [0.15, 0.2) is 48.7 Å². The van der Waals surface area contributed by atoms with Gasteiger partial charge in [-0.25, -0.2) is 4.98 Å². The Morgan fingerprint density at radius 3 is 2.70 bits per heavy atom. The SMILES string of the molecule is COC[C@H]1N(c2cccc(-c3cccc(C)c3OCc3cnc4c(c3)CCN(C3CCOCC3)CC4)n2)CC[C@@]1(C)C(=O)O. The van der Waals surface area contributed by atoms with E-state index in [-0.39, 0.29) is 6.04 Å². The Kier molecular flexibility index (Phi) is 9.16. The van der Waals surface area contributed by atoms with Gasteiger partial charge in [-0.05, 0) is 74.9 Å². The molecule has 6 rings (SSSR count). The molecule has 0 radical (unpaired) electrons. The van der Waals surface area contributed by atoms with Crippen LogP contribution in [0, 0.1) is 12.3 Å². The molecule has 0 unspecified atom stereocenters. The third kappa shape index (κ3) is 6.18. The van der Waals surface area contributed by atoms with Crippen molar-refractivity contribution >= 4 is 11.8 Å². The van der Waals surface area contributed by atoms with Crippen LogP contribution in [0.5, 0.6) is 5.75 Å². The largest absolute Gasteiger partial charge is 0.488 e. The number of hydrogen-bond acceptors (Lipinski definition) is 8. The first-order valence-electron chi connectivity index (χ1n) is 15.8. The van der Waals surface area contributed by atoms with Crippen LogP contribution in [0.4, 0.5) is 5.82 Å². The number of anilines is 1. The van der Waals surface area contributed by atoms with Crippen molar-refractivity contribution in [2.45, 2.75) is 64.6 Å². The second-order valence-electron chi connectivity index (χ2n) is 12.6. The van der Waals surface area contributed by atoms with Crippen LogP contribution in [-0.2, 0) is 33.7 Å². The second-order valence-corrected chi connectivity index (χ2v) is 12.6. The summed E-state index contributed by atoms with van der Waals surface area (Å²) in [5, 5.41) is 10.0. The smallest absolute Gasteiger partial charge is 0.311 e. The van der Waals surface area contributed by atoms with E-state index < -0.39 is 11.4 Å². The number of aromatic nitrogens is 2. The number of aryl methyl sites for hydroxylation is 1. The first kappa shape index (κ1) is 30.5. The number of nitrogens with zero attached hydrogens (tertiary/aromatic N) is 4. The van der Waals surface area contributed by atoms with Gasteiger partial charge in [-0.15, -0.1) is 0 Å². The molecule has 1 aromatic carbocycles. The van der Waals surface area contributed by atoms with Gasteiger partial charge in [-0.3, -0.25) is 14.7 Å². The van der Waals surface area contributed by atoms with E-state index in [1.165, 1.54) is 11.3 Å². The molecule has 0 amide bonds. The topological polar surface area (TPSA) is 97.3 Å². The molecular weight excluding hydrogens is 556 g/mol. The van der Waals surface area contributed by atoms with Crippen molar-refractivity contribution in [1.29, 1.82) is 0 Å². The van der Waals surface area contributed by atoms with Crippen molar-refractivity contribution in [2.24, 2.45) is 5.41 Å². The lowest BCUT2D eigenvalue weighted by Gasteiger charge is -2.33. The van der Waals surface area contributed by atoms with Gasteiger partial charge in [0.2, 0.25) is 0 Å². The Balaban J connectivity index is 1.19. The first-order chi connectivity index (χ1) is 21.4. The highest BCUT2D eigenvalue weighted by molar-refractivity contribution is 5.77. The number of pyridine rings is 2. The maximum Gasteiger partial charge on any atom is 0.311 e. The molecule has 234 valence electrons. The number of carboxylic acids is 1. The molecule has 2 saturated heterocycles. The Morgan fingerprint density at radius 1 is 1.11 bits per heavy atom. The van der Waals surface area contributed by atoms with Crippen molar-refractivity contribution in [3.63, 3.8) is 0 Å². The van der Waals surface area contributed by atoms with Crippen LogP contribution < -0.4 is 9.64 Å². The monoisotopic (exact) mass is 600 g/mol. The molecule has 2 atom stereocenters. The Labute approximate surface area is 260 Å². The molecular formula is C35H44N4O5. The lowest BCUT2D eigenvalue weighted by atomic mass is 9.83. The summed E-state index contributed by atoms with van der Waals surface area (Å²) in [6.07, 6.45) is 6.71. The fourth-order valence-corrected chi connectivity index (χ4v) is 7.06. The van der Waals surface area contributed by atoms with Gasteiger partial charge in [-0.1, -0.05) is 18.2 Å². The lowest BCUT2D eigenvalue weighted by molar-refractivity contribution is -0.148. The minimum atomic E-state index is -0.906. The molecule has 0 spiro atoms. The molecule has 3 aromatic rings. The van der Waals surface area contributed by atoms with Crippen LogP contribution >= 0.6 is 0 Å². The number of carboxylic acid groups (broad SMARTS) is 1. The summed E-state index contributed by atoms with van der Waals surface area (Å²) in [5.74, 6) is 0.728. The predicted molar refractivity (Wildman–Crippen MR) is 169 cm³/mol. The molecule has 44 heavy (non-hydrogen) atoms. The van der Waals surface area contributed by atoms with E-state index in [9.17, 15) is 9.90 Å². The average Bonchev–Trinajstić information content (AvgIpc) is 3.23. The number of methoxy groups -OCH3 is 1. The van der Waals surface area contributed by atoms with Gasteiger partial charge in [0.05, 0.1) is 23.8 Å². The molecule has 2 fully saturated rings. The number of aliphatic carboxylic acids is 1. The summed E-state index contributed by atoms with van der Waals surface area (Å²) in [7, 11) is 1.61. The van der Waals surface area contributed by atoms with E-state index in [1.807, 2.05) is 36.5 Å². The van der Waals surface area contributed by atoms with E-state index in [1.54, 1.807) is 14.0 Å². The van der Waals surface area contributed by atoms with Gasteiger partial charge < -0.3 is 24.2 Å². The van der Waals surface area contributed by atoms with Gasteiger partial charge in [0.25, 0.3) is 0 Å². The van der Waals surface area contributed by atoms with Crippen LogP contribution in [0.1, 0.15) is 48.6 Å². The van der Waals surface area contributed by atoms with E-state index in [0.29, 0.717) is 32.2 Å². The third-order valence-corrected chi connectivity index (χ3v) is 9.82. The summed E-state index contributed by atoms with van der Waals surface area (Å²) in [6, 6.07) is 14.6. The van der Waals surface area contributed by atoms with Crippen LogP contribution in [0.3, 0.4) is 0 Å². The second kappa shape index (κ2) is 13.2. The summed E-state index contributed by atoms with van der Waals surface area (Å²) in [5.41, 5.74) is 5.40. The van der Waals surface area contributed by atoms with Gasteiger partial charge in [0.15, 0.2) is 0 Å². The highest BCUT2D eigenvalue weighted by Crippen LogP contribution is 2.40. The molecule has 3 aliphatic heterocycles. The van der Waals surface area contributed by atoms with Crippen LogP contribution in [0.2, 0.25) is 0 Å². The summed E-state index contributed by atoms with van der Waals surface area (Å²) < 4.78 is 17.6. The maximum absolute atomic E-state index is 12.2. The quantitative estimate of drug-likeness (QED) is 0.367. The number of carbonyl (C=O) groups is 1. The van der Waals surface area contributed by atoms with E-state index in [4.69, 9.17) is 24.2 Å². The van der Waals surface area contributed by atoms with Crippen LogP contribution in [0.25, 0.3) is 11.3 Å². The fourth-order valence-electron chi connectivity index (χ4n) is 7.06. The number of rotatable bonds is 9. The first-order valence-corrected chi connectivity index (χ1v) is 15.8. The van der Waals surface area contributed by atoms with E-state index >= 15 is 0 Å². The molecule has 2 aromatic heterocycles. The normalized spacial score (nSPS) is 22.9. The van der Waals surface area contributed by atoms with Crippen molar-refractivity contribution in [2.75, 3.05) is 51.5 Å². The predicted octanol–water partition coefficient (Wildman–Crippen LogP) is 4.93. The molecule has 1 N–H and O–H groups in total. The van der Waals surface area contributed by atoms with Crippen molar-refractivity contribution < 1.29 is 24.1 Å². The fraction of sp³-hybridized carbons (Fsp3) is 0.514. The summed E-state index contributed by atoms with van der Waals surface area (Å²) in [4.78, 5) is 26.8. The minimum absolute atomic E-state index is 0.314. The van der Waals surface area contributed by atoms with Gasteiger partial charge in [0.1, 0.15) is 18.2 Å². The van der Waals surface area contributed by atoms with Gasteiger partial charge >= 0.3 is 5.97 Å².